The van der Waals surface area contributed by atoms with Gasteiger partial charge in [0.25, 0.3) is 0 Å². The molecule has 0 saturated carbocycles. The lowest BCUT2D eigenvalue weighted by Crippen LogP contribution is -2.51. The van der Waals surface area contributed by atoms with Gasteiger partial charge in [0.05, 0.1) is 12.7 Å². The van der Waals surface area contributed by atoms with Crippen LogP contribution in [-0.4, -0.2) is 43.3 Å². The molecule has 2 aliphatic heterocycles. The number of nitrogens with one attached hydrogen (secondary N) is 1. The van der Waals surface area contributed by atoms with Gasteiger partial charge in [-0.15, -0.1) is 0 Å². The molecule has 1 fully saturated rings. The lowest BCUT2D eigenvalue weighted by molar-refractivity contribution is -0.0578. The predicted octanol–water partition coefficient (Wildman–Crippen LogP) is 2.37. The lowest BCUT2D eigenvalue weighted by Gasteiger charge is -2.41. The fourth-order valence-electron chi connectivity index (χ4n) is 3.54. The maximum absolute atomic E-state index is 5.81. The number of morpholine rings is 1. The Labute approximate surface area is 122 Å². The quantitative estimate of drug-likeness (QED) is 0.916. The topological polar surface area (TPSA) is 24.5 Å². The van der Waals surface area contributed by atoms with Gasteiger partial charge in [0.15, 0.2) is 0 Å². The van der Waals surface area contributed by atoms with Crippen molar-refractivity contribution in [2.45, 2.75) is 44.9 Å². The molecular weight excluding hydrogens is 248 g/mol. The SMILES string of the molecule is CCC1COC(C)CN1CC1CNCc2ccccc21. The summed E-state index contributed by atoms with van der Waals surface area (Å²) in [6.07, 6.45) is 1.54. The van der Waals surface area contributed by atoms with Gasteiger partial charge in [-0.25, -0.2) is 0 Å². The van der Waals surface area contributed by atoms with Crippen molar-refractivity contribution in [1.29, 1.82) is 0 Å². The van der Waals surface area contributed by atoms with E-state index in [1.165, 1.54) is 12.0 Å². The van der Waals surface area contributed by atoms with E-state index in [2.05, 4.69) is 48.3 Å². The van der Waals surface area contributed by atoms with Crippen molar-refractivity contribution < 1.29 is 4.74 Å². The minimum Gasteiger partial charge on any atom is -0.376 e. The van der Waals surface area contributed by atoms with E-state index in [0.29, 0.717) is 18.1 Å². The number of nitrogens with zero attached hydrogens (tertiary/aromatic N) is 1. The molecule has 1 saturated heterocycles. The summed E-state index contributed by atoms with van der Waals surface area (Å²) in [4.78, 5) is 2.64. The first-order valence-electron chi connectivity index (χ1n) is 7.92. The van der Waals surface area contributed by atoms with E-state index >= 15 is 0 Å². The average Bonchev–Trinajstić information content (AvgIpc) is 2.48. The molecule has 0 aliphatic carbocycles. The van der Waals surface area contributed by atoms with E-state index in [4.69, 9.17) is 4.74 Å². The van der Waals surface area contributed by atoms with Crippen LogP contribution in [0.3, 0.4) is 0 Å². The van der Waals surface area contributed by atoms with Crippen LogP contribution in [0.15, 0.2) is 24.3 Å². The van der Waals surface area contributed by atoms with E-state index in [0.717, 1.165) is 32.8 Å². The molecule has 3 nitrogen and oxygen atoms in total. The summed E-state index contributed by atoms with van der Waals surface area (Å²) in [5.41, 5.74) is 3.01. The van der Waals surface area contributed by atoms with E-state index < -0.39 is 0 Å². The van der Waals surface area contributed by atoms with E-state index in [9.17, 15) is 0 Å². The van der Waals surface area contributed by atoms with Crippen LogP contribution in [-0.2, 0) is 11.3 Å². The Morgan fingerprint density at radius 2 is 2.20 bits per heavy atom. The molecule has 0 bridgehead atoms. The highest BCUT2D eigenvalue weighted by Gasteiger charge is 2.29. The van der Waals surface area contributed by atoms with Crippen LogP contribution in [0.4, 0.5) is 0 Å². The van der Waals surface area contributed by atoms with Crippen LogP contribution < -0.4 is 5.32 Å². The summed E-state index contributed by atoms with van der Waals surface area (Å²) >= 11 is 0. The number of rotatable bonds is 3. The number of ether oxygens (including phenoxy) is 1. The zero-order chi connectivity index (χ0) is 13.9. The van der Waals surface area contributed by atoms with Crippen LogP contribution in [0.25, 0.3) is 0 Å². The highest BCUT2D eigenvalue weighted by molar-refractivity contribution is 5.33. The molecule has 3 atom stereocenters. The first kappa shape index (κ1) is 14.1. The monoisotopic (exact) mass is 274 g/mol. The maximum Gasteiger partial charge on any atom is 0.0674 e. The van der Waals surface area contributed by atoms with Gasteiger partial charge in [-0.05, 0) is 24.5 Å². The third-order valence-electron chi connectivity index (χ3n) is 4.71. The standard InChI is InChI=1S/C17H26N2O/c1-3-16-12-20-13(2)10-19(16)11-15-9-18-8-14-6-4-5-7-17(14)15/h4-7,13,15-16,18H,3,8-12H2,1-2H3. The molecule has 20 heavy (non-hydrogen) atoms. The van der Waals surface area contributed by atoms with Crippen molar-refractivity contribution >= 4 is 0 Å². The molecule has 0 spiro atoms. The molecule has 110 valence electrons. The zero-order valence-electron chi connectivity index (χ0n) is 12.6. The molecule has 0 amide bonds. The Balaban J connectivity index is 1.74. The molecule has 2 heterocycles. The lowest BCUT2D eigenvalue weighted by atomic mass is 9.90. The number of fused-ring (bicyclic) bond motifs is 1. The Morgan fingerprint density at radius 3 is 3.05 bits per heavy atom. The molecular formula is C17H26N2O. The number of benzene rings is 1. The van der Waals surface area contributed by atoms with Gasteiger partial charge in [-0.1, -0.05) is 31.2 Å². The van der Waals surface area contributed by atoms with Crippen LogP contribution in [0.2, 0.25) is 0 Å². The molecule has 0 aromatic heterocycles. The average molecular weight is 274 g/mol. The van der Waals surface area contributed by atoms with Gasteiger partial charge in [-0.2, -0.15) is 0 Å². The van der Waals surface area contributed by atoms with Crippen LogP contribution >= 0.6 is 0 Å². The second kappa shape index (κ2) is 6.25. The molecule has 1 aromatic carbocycles. The summed E-state index contributed by atoms with van der Waals surface area (Å²) in [5.74, 6) is 0.610. The van der Waals surface area contributed by atoms with E-state index in [1.54, 1.807) is 5.56 Å². The predicted molar refractivity (Wildman–Crippen MR) is 82.0 cm³/mol. The summed E-state index contributed by atoms with van der Waals surface area (Å²) in [5, 5.41) is 3.57. The van der Waals surface area contributed by atoms with Crippen LogP contribution in [0.1, 0.15) is 37.3 Å². The molecule has 1 N–H and O–H groups in total. The Bertz CT molecular complexity index is 448. The van der Waals surface area contributed by atoms with Gasteiger partial charge in [0.1, 0.15) is 0 Å². The largest absolute Gasteiger partial charge is 0.376 e. The van der Waals surface area contributed by atoms with Crippen LogP contribution in [0, 0.1) is 0 Å². The van der Waals surface area contributed by atoms with E-state index in [-0.39, 0.29) is 0 Å². The molecule has 3 rings (SSSR count). The van der Waals surface area contributed by atoms with Gasteiger partial charge in [-0.3, -0.25) is 4.90 Å². The van der Waals surface area contributed by atoms with Crippen molar-refractivity contribution in [3.05, 3.63) is 35.4 Å². The Morgan fingerprint density at radius 1 is 1.35 bits per heavy atom. The summed E-state index contributed by atoms with van der Waals surface area (Å²) in [6.45, 7) is 9.67. The summed E-state index contributed by atoms with van der Waals surface area (Å²) < 4.78 is 5.81. The van der Waals surface area contributed by atoms with Crippen molar-refractivity contribution in [1.82, 2.24) is 10.2 Å². The Kier molecular flexibility index (Phi) is 4.39. The highest BCUT2D eigenvalue weighted by Crippen LogP contribution is 2.26. The zero-order valence-corrected chi connectivity index (χ0v) is 12.6. The highest BCUT2D eigenvalue weighted by atomic mass is 16.5. The van der Waals surface area contributed by atoms with Crippen molar-refractivity contribution in [3.8, 4) is 0 Å². The van der Waals surface area contributed by atoms with Crippen molar-refractivity contribution in [3.63, 3.8) is 0 Å². The molecule has 0 radical (unpaired) electrons. The fraction of sp³-hybridized carbons (Fsp3) is 0.647. The molecule has 3 heteroatoms. The van der Waals surface area contributed by atoms with Crippen LogP contribution in [0.5, 0.6) is 0 Å². The normalized spacial score (nSPS) is 31.0. The number of hydrogen-bond donors (Lipinski definition) is 1. The van der Waals surface area contributed by atoms with Crippen molar-refractivity contribution in [2.75, 3.05) is 26.2 Å². The second-order valence-corrected chi connectivity index (χ2v) is 6.19. The third-order valence-corrected chi connectivity index (χ3v) is 4.71. The van der Waals surface area contributed by atoms with Gasteiger partial charge in [0.2, 0.25) is 0 Å². The number of hydrogen-bond acceptors (Lipinski definition) is 3. The summed E-state index contributed by atoms with van der Waals surface area (Å²) in [7, 11) is 0. The fourth-order valence-corrected chi connectivity index (χ4v) is 3.54. The van der Waals surface area contributed by atoms with Gasteiger partial charge < -0.3 is 10.1 Å². The minimum atomic E-state index is 0.365. The molecule has 1 aromatic rings. The molecule has 3 unspecified atom stereocenters. The third kappa shape index (κ3) is 2.90. The van der Waals surface area contributed by atoms with E-state index in [1.807, 2.05) is 0 Å². The second-order valence-electron chi connectivity index (χ2n) is 6.19. The maximum atomic E-state index is 5.81. The molecule has 2 aliphatic rings. The first-order chi connectivity index (χ1) is 9.78. The minimum absolute atomic E-state index is 0.365. The first-order valence-corrected chi connectivity index (χ1v) is 7.92. The Hall–Kier alpha value is -0.900. The van der Waals surface area contributed by atoms with Crippen molar-refractivity contribution in [2.24, 2.45) is 0 Å². The van der Waals surface area contributed by atoms with Gasteiger partial charge >= 0.3 is 0 Å². The van der Waals surface area contributed by atoms with Gasteiger partial charge in [0, 0.05) is 38.1 Å². The smallest absolute Gasteiger partial charge is 0.0674 e. The summed E-state index contributed by atoms with van der Waals surface area (Å²) in [6, 6.07) is 9.48.